The molecule has 5 heterocycles. The molecule has 0 amide bonds. The smallest absolute Gasteiger partial charge is 0.335 e. The molecule has 9 nitrogen and oxygen atoms in total. The topological polar surface area (TPSA) is 98.9 Å². The van der Waals surface area contributed by atoms with Gasteiger partial charge >= 0.3 is 5.97 Å². The summed E-state index contributed by atoms with van der Waals surface area (Å²) in [5.74, 6) is 1.48. The summed E-state index contributed by atoms with van der Waals surface area (Å²) in [6.07, 6.45) is 4.93. The first-order chi connectivity index (χ1) is 20.3. The standard InChI is InChI=1S/C32H31ClN4O5/c1-32(28-8-6-20(33)14-34-28)41-27-4-2-3-23(30(27)42-32)24-13-21-11-19(24)15-36(21)17-29-35-25-7-5-18(31(38)39)12-26(25)37(29)16-22-9-10-40-22/h2-8,12,14,19,21-22,24H,9-11,13,15-17H2,1H3,(H,38,39)/t19?,21?,22-,24?,32+/m0/s1. The van der Waals surface area contributed by atoms with E-state index in [2.05, 4.69) is 26.6 Å². The van der Waals surface area contributed by atoms with Gasteiger partial charge in [-0.25, -0.2) is 9.78 Å². The van der Waals surface area contributed by atoms with Gasteiger partial charge in [0.1, 0.15) is 11.5 Å². The van der Waals surface area contributed by atoms with Gasteiger partial charge < -0.3 is 23.9 Å². The SMILES string of the molecule is C[C@@]1(c2ccc(Cl)cn2)Oc2cccc(C3CC4CC3CN4Cc3nc4ccc(C(=O)O)cc4n3C[C@@H]3CCO3)c2O1. The van der Waals surface area contributed by atoms with Crippen molar-refractivity contribution in [2.24, 2.45) is 5.92 Å². The number of carbonyl (C=O) groups is 1. The molecule has 2 aromatic carbocycles. The average Bonchev–Trinajstić information content (AvgIpc) is 3.71. The number of carboxylic acids is 1. The van der Waals surface area contributed by atoms with E-state index < -0.39 is 11.8 Å². The Morgan fingerprint density at radius 1 is 1.17 bits per heavy atom. The lowest BCUT2D eigenvalue weighted by Crippen LogP contribution is -2.36. The van der Waals surface area contributed by atoms with Gasteiger partial charge in [0.15, 0.2) is 11.5 Å². The van der Waals surface area contributed by atoms with Crippen LogP contribution in [-0.4, -0.2) is 55.8 Å². The summed E-state index contributed by atoms with van der Waals surface area (Å²) < 4.78 is 20.7. The number of para-hydroxylation sites is 1. The maximum atomic E-state index is 11.7. The van der Waals surface area contributed by atoms with E-state index >= 15 is 0 Å². The molecule has 3 fully saturated rings. The fourth-order valence-electron chi connectivity index (χ4n) is 7.25. The van der Waals surface area contributed by atoms with Crippen molar-refractivity contribution < 1.29 is 24.1 Å². The van der Waals surface area contributed by atoms with Gasteiger partial charge in [-0.3, -0.25) is 9.88 Å². The Hall–Kier alpha value is -3.66. The highest BCUT2D eigenvalue weighted by Gasteiger charge is 2.49. The van der Waals surface area contributed by atoms with Crippen LogP contribution < -0.4 is 9.47 Å². The molecule has 1 aliphatic carbocycles. The molecule has 4 aliphatic rings. The highest BCUT2D eigenvalue weighted by atomic mass is 35.5. The molecule has 2 aromatic heterocycles. The van der Waals surface area contributed by atoms with E-state index in [0.717, 1.165) is 67.3 Å². The molecule has 0 spiro atoms. The molecule has 3 aliphatic heterocycles. The number of pyridine rings is 1. The highest BCUT2D eigenvalue weighted by molar-refractivity contribution is 6.30. The van der Waals surface area contributed by atoms with Gasteiger partial charge in [-0.2, -0.15) is 0 Å². The number of aromatic nitrogens is 3. The monoisotopic (exact) mass is 586 g/mol. The van der Waals surface area contributed by atoms with Crippen LogP contribution in [0.4, 0.5) is 0 Å². The first-order valence-corrected chi connectivity index (χ1v) is 14.9. The van der Waals surface area contributed by atoms with Gasteiger partial charge in [-0.15, -0.1) is 0 Å². The summed E-state index contributed by atoms with van der Waals surface area (Å²) >= 11 is 6.06. The van der Waals surface area contributed by atoms with E-state index in [4.69, 9.17) is 30.8 Å². The van der Waals surface area contributed by atoms with Gasteiger partial charge in [-0.1, -0.05) is 23.7 Å². The molecular weight excluding hydrogens is 556 g/mol. The molecular formula is C32H31ClN4O5. The summed E-state index contributed by atoms with van der Waals surface area (Å²) in [6.45, 7) is 5.06. The Bertz CT molecular complexity index is 1700. The van der Waals surface area contributed by atoms with Crippen molar-refractivity contribution in [2.45, 2.75) is 63.1 Å². The second-order valence-corrected chi connectivity index (χ2v) is 12.5. The number of nitrogens with zero attached hydrogens (tertiary/aromatic N) is 4. The second-order valence-electron chi connectivity index (χ2n) is 12.0. The summed E-state index contributed by atoms with van der Waals surface area (Å²) in [4.78, 5) is 23.6. The quantitative estimate of drug-likeness (QED) is 0.299. The fraction of sp³-hybridized carbons (Fsp3) is 0.406. The van der Waals surface area contributed by atoms with Gasteiger partial charge in [0, 0.05) is 37.9 Å². The summed E-state index contributed by atoms with van der Waals surface area (Å²) in [5.41, 5.74) is 3.84. The van der Waals surface area contributed by atoms with E-state index in [1.807, 2.05) is 25.1 Å². The zero-order valence-corrected chi connectivity index (χ0v) is 24.0. The number of piperidine rings is 1. The molecule has 1 N–H and O–H groups in total. The Balaban J connectivity index is 1.03. The van der Waals surface area contributed by atoms with E-state index in [1.165, 1.54) is 5.56 Å². The first kappa shape index (κ1) is 26.0. The summed E-state index contributed by atoms with van der Waals surface area (Å²) in [6, 6.07) is 15.5. The number of hydrogen-bond donors (Lipinski definition) is 1. The first-order valence-electron chi connectivity index (χ1n) is 14.6. The Morgan fingerprint density at radius 3 is 2.76 bits per heavy atom. The van der Waals surface area contributed by atoms with Crippen molar-refractivity contribution in [3.05, 3.63) is 82.4 Å². The number of likely N-dealkylation sites (tertiary alicyclic amines) is 1. The normalized spacial score (nSPS) is 28.0. The van der Waals surface area contributed by atoms with Crippen molar-refractivity contribution in [2.75, 3.05) is 13.2 Å². The Labute approximate surface area is 248 Å². The summed E-state index contributed by atoms with van der Waals surface area (Å²) in [5, 5.41) is 10.1. The predicted octanol–water partition coefficient (Wildman–Crippen LogP) is 5.59. The lowest BCUT2D eigenvalue weighted by molar-refractivity contribution is -0.0722. The van der Waals surface area contributed by atoms with Crippen molar-refractivity contribution in [3.63, 3.8) is 0 Å². The zero-order chi connectivity index (χ0) is 28.6. The number of hydrogen-bond acceptors (Lipinski definition) is 7. The maximum absolute atomic E-state index is 11.7. The van der Waals surface area contributed by atoms with Crippen LogP contribution in [0.25, 0.3) is 11.0 Å². The van der Waals surface area contributed by atoms with Crippen LogP contribution in [0.3, 0.4) is 0 Å². The van der Waals surface area contributed by atoms with Crippen LogP contribution in [0.15, 0.2) is 54.7 Å². The van der Waals surface area contributed by atoms with Gasteiger partial charge in [0.2, 0.25) is 0 Å². The Morgan fingerprint density at radius 2 is 2.05 bits per heavy atom. The molecule has 5 atom stereocenters. The maximum Gasteiger partial charge on any atom is 0.335 e. The van der Waals surface area contributed by atoms with Crippen LogP contribution in [0.5, 0.6) is 11.5 Å². The van der Waals surface area contributed by atoms with Crippen molar-refractivity contribution in [1.29, 1.82) is 0 Å². The molecule has 216 valence electrons. The lowest BCUT2D eigenvalue weighted by Gasteiger charge is -2.33. The zero-order valence-electron chi connectivity index (χ0n) is 23.2. The van der Waals surface area contributed by atoms with Crippen molar-refractivity contribution in [3.8, 4) is 11.5 Å². The van der Waals surface area contributed by atoms with Gasteiger partial charge in [0.25, 0.3) is 5.79 Å². The fourth-order valence-corrected chi connectivity index (χ4v) is 7.36. The molecule has 2 saturated heterocycles. The van der Waals surface area contributed by atoms with Gasteiger partial charge in [-0.05, 0) is 67.5 Å². The number of ether oxygens (including phenoxy) is 3. The van der Waals surface area contributed by atoms with Crippen LogP contribution in [0.2, 0.25) is 5.02 Å². The Kier molecular flexibility index (Phi) is 6.00. The molecule has 2 bridgehead atoms. The minimum absolute atomic E-state index is 0.144. The molecule has 8 rings (SSSR count). The van der Waals surface area contributed by atoms with Crippen molar-refractivity contribution in [1.82, 2.24) is 19.4 Å². The number of rotatable bonds is 7. The number of halogens is 1. The number of fused-ring (bicyclic) bond motifs is 4. The number of aromatic carboxylic acids is 1. The van der Waals surface area contributed by atoms with Crippen LogP contribution in [-0.2, 0) is 23.6 Å². The minimum atomic E-state index is -1.00. The van der Waals surface area contributed by atoms with E-state index in [0.29, 0.717) is 35.1 Å². The van der Waals surface area contributed by atoms with Crippen LogP contribution in [0, 0.1) is 5.92 Å². The van der Waals surface area contributed by atoms with E-state index in [9.17, 15) is 9.90 Å². The number of benzene rings is 2. The highest BCUT2D eigenvalue weighted by Crippen LogP contribution is 2.54. The third kappa shape index (κ3) is 4.25. The van der Waals surface area contributed by atoms with E-state index in [-0.39, 0.29) is 11.7 Å². The molecule has 42 heavy (non-hydrogen) atoms. The number of carboxylic acid groups (broad SMARTS) is 1. The minimum Gasteiger partial charge on any atom is -0.478 e. The summed E-state index contributed by atoms with van der Waals surface area (Å²) in [7, 11) is 0. The van der Waals surface area contributed by atoms with E-state index in [1.54, 1.807) is 24.4 Å². The van der Waals surface area contributed by atoms with Crippen LogP contribution in [0.1, 0.15) is 59.5 Å². The predicted molar refractivity (Wildman–Crippen MR) is 155 cm³/mol. The third-order valence-corrected chi connectivity index (χ3v) is 9.68. The van der Waals surface area contributed by atoms with Gasteiger partial charge in [0.05, 0.1) is 40.8 Å². The van der Waals surface area contributed by atoms with Crippen LogP contribution >= 0.6 is 11.6 Å². The number of imidazole rings is 1. The second kappa shape index (κ2) is 9.69. The third-order valence-electron chi connectivity index (χ3n) is 9.46. The lowest BCUT2D eigenvalue weighted by atomic mass is 9.86. The molecule has 1 saturated carbocycles. The molecule has 4 aromatic rings. The van der Waals surface area contributed by atoms with Crippen molar-refractivity contribution >= 4 is 28.6 Å². The molecule has 10 heteroatoms. The largest absolute Gasteiger partial charge is 0.478 e. The molecule has 0 radical (unpaired) electrons. The average molecular weight is 587 g/mol. The molecule has 3 unspecified atom stereocenters.